The summed E-state index contributed by atoms with van der Waals surface area (Å²) in [5.74, 6) is 1.68. The van der Waals surface area contributed by atoms with Crippen LogP contribution in [0.15, 0.2) is 24.3 Å². The number of Topliss-reactive ketones (excluding diaryl/α,β-unsaturated/α-hetero) is 1. The van der Waals surface area contributed by atoms with Crippen LogP contribution in [0.1, 0.15) is 64.9 Å². The lowest BCUT2D eigenvalue weighted by Gasteiger charge is -2.28. The summed E-state index contributed by atoms with van der Waals surface area (Å²) in [7, 11) is -2.99. The molecule has 1 fully saturated rings. The first kappa shape index (κ1) is 21.9. The van der Waals surface area contributed by atoms with Crippen LogP contribution in [0.2, 0.25) is 0 Å². The minimum Gasteiger partial charge on any atom is -0.494 e. The van der Waals surface area contributed by atoms with E-state index in [1.165, 1.54) is 0 Å². The number of rotatable bonds is 10. The zero-order chi connectivity index (χ0) is 19.9. The molecular weight excluding hydrogens is 360 g/mol. The van der Waals surface area contributed by atoms with Gasteiger partial charge in [-0.15, -0.1) is 0 Å². The Hall–Kier alpha value is -1.36. The van der Waals surface area contributed by atoms with Crippen molar-refractivity contribution in [3.8, 4) is 5.75 Å². The highest BCUT2D eigenvalue weighted by molar-refractivity contribution is 7.91. The molecule has 0 amide bonds. The Labute approximate surface area is 164 Å². The number of carbonyl (C=O) groups excluding carboxylic acids is 1. The fourth-order valence-electron chi connectivity index (χ4n) is 3.56. The number of carbonyl (C=O) groups is 1. The SMILES string of the molecule is CCCCOc1ccc(CC(=O)C2CCC(CS(=O)(=O)C(C)C)CC2)cc1. The number of unbranched alkanes of at least 4 members (excludes halogenated alkanes) is 1. The zero-order valence-corrected chi connectivity index (χ0v) is 17.8. The molecule has 1 aliphatic rings. The van der Waals surface area contributed by atoms with Gasteiger partial charge in [0.1, 0.15) is 11.5 Å². The van der Waals surface area contributed by atoms with E-state index in [4.69, 9.17) is 4.74 Å². The second kappa shape index (κ2) is 10.3. The topological polar surface area (TPSA) is 60.4 Å². The monoisotopic (exact) mass is 394 g/mol. The Morgan fingerprint density at radius 3 is 2.30 bits per heavy atom. The van der Waals surface area contributed by atoms with Crippen molar-refractivity contribution in [2.45, 2.75) is 71.0 Å². The largest absolute Gasteiger partial charge is 0.494 e. The first-order valence-corrected chi connectivity index (χ1v) is 12.0. The number of sulfone groups is 1. The molecule has 27 heavy (non-hydrogen) atoms. The molecule has 0 unspecified atom stereocenters. The average Bonchev–Trinajstić information content (AvgIpc) is 2.63. The van der Waals surface area contributed by atoms with Crippen molar-refractivity contribution >= 4 is 15.6 Å². The molecule has 0 aromatic heterocycles. The van der Waals surface area contributed by atoms with Crippen molar-refractivity contribution < 1.29 is 17.9 Å². The molecule has 0 heterocycles. The van der Waals surface area contributed by atoms with E-state index in [2.05, 4.69) is 6.92 Å². The molecule has 0 aliphatic heterocycles. The summed E-state index contributed by atoms with van der Waals surface area (Å²) in [6.45, 7) is 6.34. The van der Waals surface area contributed by atoms with Crippen LogP contribution in [0.3, 0.4) is 0 Å². The maximum atomic E-state index is 12.6. The molecule has 1 aromatic carbocycles. The standard InChI is InChI=1S/C22H34O4S/c1-4-5-14-26-21-12-8-18(9-13-21)15-22(23)20-10-6-19(7-11-20)16-27(24,25)17(2)3/h8-9,12-13,17,19-20H,4-7,10-11,14-16H2,1-3H3. The van der Waals surface area contributed by atoms with Gasteiger partial charge in [0.05, 0.1) is 17.6 Å². The summed E-state index contributed by atoms with van der Waals surface area (Å²) < 4.78 is 29.8. The van der Waals surface area contributed by atoms with E-state index in [0.717, 1.165) is 56.4 Å². The summed E-state index contributed by atoms with van der Waals surface area (Å²) >= 11 is 0. The molecule has 1 aliphatic carbocycles. The highest BCUT2D eigenvalue weighted by Crippen LogP contribution is 2.31. The molecule has 0 atom stereocenters. The Morgan fingerprint density at radius 2 is 1.74 bits per heavy atom. The highest BCUT2D eigenvalue weighted by Gasteiger charge is 2.29. The van der Waals surface area contributed by atoms with Gasteiger partial charge in [0.25, 0.3) is 0 Å². The predicted octanol–water partition coefficient (Wildman–Crippen LogP) is 4.61. The van der Waals surface area contributed by atoms with Crippen LogP contribution in [0, 0.1) is 11.8 Å². The maximum absolute atomic E-state index is 12.6. The van der Waals surface area contributed by atoms with Crippen molar-refractivity contribution in [1.29, 1.82) is 0 Å². The van der Waals surface area contributed by atoms with Gasteiger partial charge in [-0.3, -0.25) is 4.79 Å². The Morgan fingerprint density at radius 1 is 1.11 bits per heavy atom. The quantitative estimate of drug-likeness (QED) is 0.544. The number of ether oxygens (including phenoxy) is 1. The predicted molar refractivity (Wildman–Crippen MR) is 110 cm³/mol. The molecule has 1 aromatic rings. The van der Waals surface area contributed by atoms with Crippen LogP contribution in [-0.2, 0) is 21.1 Å². The van der Waals surface area contributed by atoms with E-state index in [9.17, 15) is 13.2 Å². The molecule has 0 saturated heterocycles. The Kier molecular flexibility index (Phi) is 8.33. The Bertz CT molecular complexity index is 684. The van der Waals surface area contributed by atoms with Gasteiger partial charge in [0, 0.05) is 12.3 Å². The van der Waals surface area contributed by atoms with E-state index < -0.39 is 9.84 Å². The van der Waals surface area contributed by atoms with Crippen LogP contribution >= 0.6 is 0 Å². The van der Waals surface area contributed by atoms with Gasteiger partial charge in [-0.05, 0) is 69.6 Å². The molecule has 4 nitrogen and oxygen atoms in total. The molecule has 0 N–H and O–H groups in total. The zero-order valence-electron chi connectivity index (χ0n) is 16.9. The van der Waals surface area contributed by atoms with E-state index in [1.54, 1.807) is 13.8 Å². The van der Waals surface area contributed by atoms with Gasteiger partial charge >= 0.3 is 0 Å². The fourth-order valence-corrected chi connectivity index (χ4v) is 4.93. The number of benzene rings is 1. The van der Waals surface area contributed by atoms with Crippen molar-refractivity contribution in [2.75, 3.05) is 12.4 Å². The second-order valence-electron chi connectivity index (χ2n) is 8.08. The normalized spacial score (nSPS) is 20.6. The van der Waals surface area contributed by atoms with E-state index in [0.29, 0.717) is 6.42 Å². The van der Waals surface area contributed by atoms with Gasteiger partial charge in [-0.1, -0.05) is 25.5 Å². The lowest BCUT2D eigenvalue weighted by atomic mass is 9.79. The third kappa shape index (κ3) is 6.95. The minimum absolute atomic E-state index is 0.0727. The van der Waals surface area contributed by atoms with Crippen LogP contribution in [-0.4, -0.2) is 31.8 Å². The van der Waals surface area contributed by atoms with Crippen molar-refractivity contribution in [1.82, 2.24) is 0 Å². The third-order valence-electron chi connectivity index (χ3n) is 5.56. The van der Waals surface area contributed by atoms with Crippen LogP contribution in [0.5, 0.6) is 5.75 Å². The molecule has 0 spiro atoms. The van der Waals surface area contributed by atoms with Gasteiger partial charge in [-0.25, -0.2) is 8.42 Å². The lowest BCUT2D eigenvalue weighted by molar-refractivity contribution is -0.123. The fraction of sp³-hybridized carbons (Fsp3) is 0.682. The molecule has 0 bridgehead atoms. The van der Waals surface area contributed by atoms with E-state index >= 15 is 0 Å². The minimum atomic E-state index is -2.99. The van der Waals surface area contributed by atoms with Crippen LogP contribution in [0.25, 0.3) is 0 Å². The highest BCUT2D eigenvalue weighted by atomic mass is 32.2. The third-order valence-corrected chi connectivity index (χ3v) is 7.93. The maximum Gasteiger partial charge on any atom is 0.152 e. The molecule has 1 saturated carbocycles. The first-order chi connectivity index (χ1) is 12.8. The summed E-state index contributed by atoms with van der Waals surface area (Å²) in [4.78, 5) is 12.6. The van der Waals surface area contributed by atoms with Crippen molar-refractivity contribution in [2.24, 2.45) is 11.8 Å². The summed E-state index contributed by atoms with van der Waals surface area (Å²) in [5.41, 5.74) is 1.02. The molecular formula is C22H34O4S. The molecule has 5 heteroatoms. The second-order valence-corrected chi connectivity index (χ2v) is 10.7. The van der Waals surface area contributed by atoms with E-state index in [-0.39, 0.29) is 28.6 Å². The van der Waals surface area contributed by atoms with Crippen LogP contribution in [0.4, 0.5) is 0 Å². The molecule has 2 rings (SSSR count). The molecule has 152 valence electrons. The smallest absolute Gasteiger partial charge is 0.152 e. The number of ketones is 1. The first-order valence-electron chi connectivity index (χ1n) is 10.3. The number of hydrogen-bond acceptors (Lipinski definition) is 4. The van der Waals surface area contributed by atoms with Crippen molar-refractivity contribution in [3.63, 3.8) is 0 Å². The Balaban J connectivity index is 1.79. The average molecular weight is 395 g/mol. The van der Waals surface area contributed by atoms with Gasteiger partial charge in [0.15, 0.2) is 9.84 Å². The van der Waals surface area contributed by atoms with Crippen molar-refractivity contribution in [3.05, 3.63) is 29.8 Å². The summed E-state index contributed by atoms with van der Waals surface area (Å²) in [5, 5.41) is -0.314. The van der Waals surface area contributed by atoms with E-state index in [1.807, 2.05) is 24.3 Å². The number of hydrogen-bond donors (Lipinski definition) is 0. The van der Waals surface area contributed by atoms with Gasteiger partial charge in [-0.2, -0.15) is 0 Å². The van der Waals surface area contributed by atoms with Gasteiger partial charge in [0.2, 0.25) is 0 Å². The van der Waals surface area contributed by atoms with Gasteiger partial charge < -0.3 is 4.74 Å². The summed E-state index contributed by atoms with van der Waals surface area (Å²) in [6.07, 6.45) is 5.91. The summed E-state index contributed by atoms with van der Waals surface area (Å²) in [6, 6.07) is 7.82. The lowest BCUT2D eigenvalue weighted by Crippen LogP contribution is -2.29. The van der Waals surface area contributed by atoms with Crippen LogP contribution < -0.4 is 4.74 Å². The molecule has 0 radical (unpaired) electrons.